The second-order valence-electron chi connectivity index (χ2n) is 5.81. The number of ether oxygens (including phenoxy) is 1. The molecule has 2 aromatic carbocycles. The second kappa shape index (κ2) is 7.44. The molecule has 0 unspecified atom stereocenters. The van der Waals surface area contributed by atoms with Crippen LogP contribution < -0.4 is 16.2 Å². The number of rotatable bonds is 4. The fourth-order valence-corrected chi connectivity index (χ4v) is 2.53. The lowest BCUT2D eigenvalue weighted by atomic mass is 10.1. The summed E-state index contributed by atoms with van der Waals surface area (Å²) in [4.78, 5) is 7.80. The zero-order chi connectivity index (χ0) is 20.3. The predicted octanol–water partition coefficient (Wildman–Crippen LogP) is 3.78. The van der Waals surface area contributed by atoms with Gasteiger partial charge in [0.1, 0.15) is 29.8 Å². The third-order valence-electron chi connectivity index (χ3n) is 3.85. The van der Waals surface area contributed by atoms with E-state index in [-0.39, 0.29) is 29.6 Å². The highest BCUT2D eigenvalue weighted by Crippen LogP contribution is 2.30. The zero-order valence-electron chi connectivity index (χ0n) is 14.4. The Balaban J connectivity index is 1.77. The van der Waals surface area contributed by atoms with Gasteiger partial charge in [0.05, 0.1) is 11.3 Å². The minimum atomic E-state index is -4.41. The number of nitriles is 1. The molecular formula is C19H14F3N5O. The molecule has 1 heterocycles. The topological polar surface area (TPSA) is 111 Å². The van der Waals surface area contributed by atoms with E-state index in [4.69, 9.17) is 16.2 Å². The van der Waals surface area contributed by atoms with Gasteiger partial charge in [0.25, 0.3) is 0 Å². The summed E-state index contributed by atoms with van der Waals surface area (Å²) in [6.45, 7) is -0.0277. The van der Waals surface area contributed by atoms with Crippen molar-refractivity contribution in [2.24, 2.45) is 0 Å². The lowest BCUT2D eigenvalue weighted by molar-refractivity contribution is -0.137. The molecule has 0 aliphatic rings. The van der Waals surface area contributed by atoms with Crippen molar-refractivity contribution in [2.75, 3.05) is 11.5 Å². The van der Waals surface area contributed by atoms with Crippen LogP contribution in [0.1, 0.15) is 16.7 Å². The summed E-state index contributed by atoms with van der Waals surface area (Å²) in [5.74, 6) is 0.362. The van der Waals surface area contributed by atoms with Gasteiger partial charge in [-0.3, -0.25) is 0 Å². The smallest absolute Gasteiger partial charge is 0.416 e. The molecule has 142 valence electrons. The Morgan fingerprint density at radius 3 is 2.39 bits per heavy atom. The highest BCUT2D eigenvalue weighted by molar-refractivity contribution is 5.73. The number of hydrogen-bond donors (Lipinski definition) is 2. The Hall–Kier alpha value is -3.80. The molecule has 0 bridgehead atoms. The van der Waals surface area contributed by atoms with E-state index in [1.165, 1.54) is 6.07 Å². The molecule has 3 aromatic rings. The average molecular weight is 385 g/mol. The maximum atomic E-state index is 12.8. The summed E-state index contributed by atoms with van der Waals surface area (Å²) in [7, 11) is 0. The highest BCUT2D eigenvalue weighted by Gasteiger charge is 2.30. The SMILES string of the molecule is N#Cc1c(N)nc(N)nc1-c1ccc(OCc2cccc(C(F)(F)F)c2)cc1. The minimum Gasteiger partial charge on any atom is -0.489 e. The van der Waals surface area contributed by atoms with Crippen molar-refractivity contribution in [3.8, 4) is 23.1 Å². The first-order chi connectivity index (χ1) is 13.3. The van der Waals surface area contributed by atoms with Crippen molar-refractivity contribution in [3.05, 3.63) is 65.2 Å². The molecule has 0 radical (unpaired) electrons. The van der Waals surface area contributed by atoms with Crippen LogP contribution in [-0.4, -0.2) is 9.97 Å². The number of nitrogens with two attached hydrogens (primary N) is 2. The van der Waals surface area contributed by atoms with Crippen LogP contribution in [0.4, 0.5) is 24.9 Å². The lowest BCUT2D eigenvalue weighted by Crippen LogP contribution is -2.06. The van der Waals surface area contributed by atoms with Crippen LogP contribution in [0.15, 0.2) is 48.5 Å². The van der Waals surface area contributed by atoms with E-state index in [2.05, 4.69) is 9.97 Å². The standard InChI is InChI=1S/C19H14F3N5O/c20-19(21,22)13-3-1-2-11(8-13)10-28-14-6-4-12(5-7-14)16-15(9-23)17(24)27-18(25)26-16/h1-8H,10H2,(H4,24,25,26,27). The Labute approximate surface area is 158 Å². The molecule has 6 nitrogen and oxygen atoms in total. The second-order valence-corrected chi connectivity index (χ2v) is 5.81. The Morgan fingerprint density at radius 1 is 1.04 bits per heavy atom. The van der Waals surface area contributed by atoms with Crippen LogP contribution in [0.5, 0.6) is 5.75 Å². The Bertz CT molecular complexity index is 1040. The van der Waals surface area contributed by atoms with E-state index in [0.29, 0.717) is 16.9 Å². The molecule has 1 aromatic heterocycles. The summed E-state index contributed by atoms with van der Waals surface area (Å²) in [5.41, 5.74) is 11.9. The summed E-state index contributed by atoms with van der Waals surface area (Å²) < 4.78 is 43.8. The third kappa shape index (κ3) is 4.12. The van der Waals surface area contributed by atoms with Crippen molar-refractivity contribution < 1.29 is 17.9 Å². The molecule has 3 rings (SSSR count). The van der Waals surface area contributed by atoms with Gasteiger partial charge in [-0.15, -0.1) is 0 Å². The van der Waals surface area contributed by atoms with Gasteiger partial charge in [-0.2, -0.15) is 23.4 Å². The Morgan fingerprint density at radius 2 is 1.75 bits per heavy atom. The molecule has 0 aliphatic carbocycles. The van der Waals surface area contributed by atoms with Crippen LogP contribution in [0.3, 0.4) is 0 Å². The number of aromatic nitrogens is 2. The van der Waals surface area contributed by atoms with Gasteiger partial charge >= 0.3 is 6.18 Å². The first-order valence-electron chi connectivity index (χ1n) is 8.00. The largest absolute Gasteiger partial charge is 0.489 e. The van der Waals surface area contributed by atoms with E-state index < -0.39 is 11.7 Å². The number of nitrogens with zero attached hydrogens (tertiary/aromatic N) is 3. The molecule has 4 N–H and O–H groups in total. The van der Waals surface area contributed by atoms with Crippen molar-refractivity contribution >= 4 is 11.8 Å². The van der Waals surface area contributed by atoms with Gasteiger partial charge in [0, 0.05) is 5.56 Å². The quantitative estimate of drug-likeness (QED) is 0.707. The van der Waals surface area contributed by atoms with E-state index in [9.17, 15) is 18.4 Å². The number of nitrogen functional groups attached to an aromatic ring is 2. The van der Waals surface area contributed by atoms with Gasteiger partial charge in [-0.25, -0.2) is 4.98 Å². The minimum absolute atomic E-state index is 0.0186. The zero-order valence-corrected chi connectivity index (χ0v) is 14.4. The number of benzene rings is 2. The number of halogens is 3. The Kier molecular flexibility index (Phi) is 5.04. The molecule has 0 saturated carbocycles. The number of hydrogen-bond acceptors (Lipinski definition) is 6. The van der Waals surface area contributed by atoms with Crippen LogP contribution in [0, 0.1) is 11.3 Å². The van der Waals surface area contributed by atoms with Gasteiger partial charge in [0.2, 0.25) is 5.95 Å². The average Bonchev–Trinajstić information content (AvgIpc) is 2.66. The monoisotopic (exact) mass is 385 g/mol. The van der Waals surface area contributed by atoms with E-state index in [0.717, 1.165) is 12.1 Å². The van der Waals surface area contributed by atoms with Gasteiger partial charge in [-0.1, -0.05) is 12.1 Å². The summed E-state index contributed by atoms with van der Waals surface area (Å²) in [6, 6.07) is 13.4. The van der Waals surface area contributed by atoms with Gasteiger partial charge in [-0.05, 0) is 42.0 Å². The number of alkyl halides is 3. The molecule has 0 spiro atoms. The molecule has 28 heavy (non-hydrogen) atoms. The normalized spacial score (nSPS) is 11.1. The molecule has 0 atom stereocenters. The fourth-order valence-electron chi connectivity index (χ4n) is 2.53. The van der Waals surface area contributed by atoms with Crippen LogP contribution in [0.2, 0.25) is 0 Å². The summed E-state index contributed by atoms with van der Waals surface area (Å²) >= 11 is 0. The van der Waals surface area contributed by atoms with E-state index in [1.54, 1.807) is 30.3 Å². The maximum absolute atomic E-state index is 12.8. The van der Waals surface area contributed by atoms with Crippen molar-refractivity contribution in [1.29, 1.82) is 5.26 Å². The lowest BCUT2D eigenvalue weighted by Gasteiger charge is -2.11. The first-order valence-corrected chi connectivity index (χ1v) is 8.00. The van der Waals surface area contributed by atoms with Crippen molar-refractivity contribution in [1.82, 2.24) is 9.97 Å². The summed E-state index contributed by atoms with van der Waals surface area (Å²) in [6.07, 6.45) is -4.41. The van der Waals surface area contributed by atoms with E-state index >= 15 is 0 Å². The highest BCUT2D eigenvalue weighted by atomic mass is 19.4. The van der Waals surface area contributed by atoms with Crippen molar-refractivity contribution in [3.63, 3.8) is 0 Å². The first kappa shape index (κ1) is 19.0. The molecule has 0 aliphatic heterocycles. The molecule has 0 saturated heterocycles. The van der Waals surface area contributed by atoms with Crippen LogP contribution >= 0.6 is 0 Å². The van der Waals surface area contributed by atoms with E-state index in [1.807, 2.05) is 6.07 Å². The van der Waals surface area contributed by atoms with Gasteiger partial charge in [0.15, 0.2) is 0 Å². The maximum Gasteiger partial charge on any atom is 0.416 e. The van der Waals surface area contributed by atoms with Crippen LogP contribution in [-0.2, 0) is 12.8 Å². The van der Waals surface area contributed by atoms with Crippen molar-refractivity contribution in [2.45, 2.75) is 12.8 Å². The molecule has 9 heteroatoms. The molecular weight excluding hydrogens is 371 g/mol. The number of anilines is 2. The molecule has 0 amide bonds. The summed E-state index contributed by atoms with van der Waals surface area (Å²) in [5, 5.41) is 9.24. The fraction of sp³-hybridized carbons (Fsp3) is 0.105. The molecule has 0 fully saturated rings. The third-order valence-corrected chi connectivity index (χ3v) is 3.85. The van der Waals surface area contributed by atoms with Gasteiger partial charge < -0.3 is 16.2 Å². The predicted molar refractivity (Wildman–Crippen MR) is 96.8 cm³/mol. The van der Waals surface area contributed by atoms with Crippen LogP contribution in [0.25, 0.3) is 11.3 Å².